The molecule has 0 aromatic heterocycles. The molecule has 1 saturated carbocycles. The number of aliphatic hydroxyl groups excluding tert-OH is 1. The molecule has 2 rings (SSSR count). The first-order valence-corrected chi connectivity index (χ1v) is 6.12. The standard InChI is InChI=1S/C12H22O4/c1-7-4-9(5-8(2)15-7)16-11-6-10(13)12(11)14-3/h7-13H,4-6H2,1-3H3. The maximum Gasteiger partial charge on any atom is 0.109 e. The molecule has 0 bridgehead atoms. The van der Waals surface area contributed by atoms with E-state index >= 15 is 0 Å². The molecule has 0 radical (unpaired) electrons. The van der Waals surface area contributed by atoms with E-state index < -0.39 is 0 Å². The second-order valence-electron chi connectivity index (χ2n) is 5.03. The van der Waals surface area contributed by atoms with Gasteiger partial charge in [-0.1, -0.05) is 0 Å². The van der Waals surface area contributed by atoms with E-state index in [0.717, 1.165) is 12.8 Å². The molecule has 1 aliphatic heterocycles. The summed E-state index contributed by atoms with van der Waals surface area (Å²) < 4.78 is 16.8. The van der Waals surface area contributed by atoms with Gasteiger partial charge in [0.2, 0.25) is 0 Å². The molecule has 4 nitrogen and oxygen atoms in total. The minimum Gasteiger partial charge on any atom is -0.390 e. The summed E-state index contributed by atoms with van der Waals surface area (Å²) in [5.41, 5.74) is 0. The van der Waals surface area contributed by atoms with Crippen LogP contribution in [0, 0.1) is 0 Å². The minimum atomic E-state index is -0.357. The lowest BCUT2D eigenvalue weighted by Gasteiger charge is -2.43. The summed E-state index contributed by atoms with van der Waals surface area (Å²) in [4.78, 5) is 0. The van der Waals surface area contributed by atoms with Gasteiger partial charge >= 0.3 is 0 Å². The first-order valence-electron chi connectivity index (χ1n) is 6.12. The third-order valence-corrected chi connectivity index (χ3v) is 3.51. The molecule has 16 heavy (non-hydrogen) atoms. The Bertz CT molecular complexity index is 223. The Morgan fingerprint density at radius 1 is 1.12 bits per heavy atom. The van der Waals surface area contributed by atoms with E-state index in [-0.39, 0.29) is 36.6 Å². The molecule has 5 unspecified atom stereocenters. The fourth-order valence-corrected chi connectivity index (χ4v) is 2.70. The van der Waals surface area contributed by atoms with Crippen LogP contribution in [0.1, 0.15) is 33.1 Å². The van der Waals surface area contributed by atoms with Crippen LogP contribution in [0.3, 0.4) is 0 Å². The summed E-state index contributed by atoms with van der Waals surface area (Å²) in [5.74, 6) is 0. The first kappa shape index (κ1) is 12.3. The lowest BCUT2D eigenvalue weighted by Crippen LogP contribution is -2.55. The quantitative estimate of drug-likeness (QED) is 0.789. The van der Waals surface area contributed by atoms with Crippen molar-refractivity contribution < 1.29 is 19.3 Å². The average Bonchev–Trinajstić information content (AvgIpc) is 2.15. The lowest BCUT2D eigenvalue weighted by atomic mass is 9.87. The summed E-state index contributed by atoms with van der Waals surface area (Å²) in [6.07, 6.45) is 2.90. The number of aliphatic hydroxyl groups is 1. The van der Waals surface area contributed by atoms with Gasteiger partial charge in [-0.2, -0.15) is 0 Å². The van der Waals surface area contributed by atoms with Gasteiger partial charge in [0.05, 0.1) is 30.5 Å². The van der Waals surface area contributed by atoms with Crippen LogP contribution in [0.2, 0.25) is 0 Å². The van der Waals surface area contributed by atoms with Gasteiger partial charge < -0.3 is 19.3 Å². The predicted molar refractivity (Wildman–Crippen MR) is 59.3 cm³/mol. The molecule has 1 N–H and O–H groups in total. The van der Waals surface area contributed by atoms with Crippen LogP contribution in [0.25, 0.3) is 0 Å². The van der Waals surface area contributed by atoms with Crippen LogP contribution >= 0.6 is 0 Å². The van der Waals surface area contributed by atoms with Gasteiger partial charge in [0.15, 0.2) is 0 Å². The highest BCUT2D eigenvalue weighted by atomic mass is 16.6. The van der Waals surface area contributed by atoms with Crippen molar-refractivity contribution in [1.29, 1.82) is 0 Å². The SMILES string of the molecule is COC1C(O)CC1OC1CC(C)OC(C)C1. The summed E-state index contributed by atoms with van der Waals surface area (Å²) >= 11 is 0. The number of methoxy groups -OCH3 is 1. The Balaban J connectivity index is 1.81. The van der Waals surface area contributed by atoms with Gasteiger partial charge in [0.25, 0.3) is 0 Å². The molecule has 4 heteroatoms. The average molecular weight is 230 g/mol. The predicted octanol–water partition coefficient (Wildman–Crippen LogP) is 1.11. The second-order valence-corrected chi connectivity index (χ2v) is 5.03. The molecule has 2 aliphatic rings. The number of hydrogen-bond donors (Lipinski definition) is 1. The normalized spacial score (nSPS) is 48.8. The van der Waals surface area contributed by atoms with Crippen molar-refractivity contribution in [2.75, 3.05) is 7.11 Å². The van der Waals surface area contributed by atoms with Crippen LogP contribution in [-0.2, 0) is 14.2 Å². The van der Waals surface area contributed by atoms with Gasteiger partial charge in [0, 0.05) is 13.5 Å². The van der Waals surface area contributed by atoms with E-state index in [9.17, 15) is 5.11 Å². The van der Waals surface area contributed by atoms with E-state index in [1.165, 1.54) is 0 Å². The molecule has 0 aromatic carbocycles. The Hall–Kier alpha value is -0.160. The summed E-state index contributed by atoms with van der Waals surface area (Å²) in [5, 5.41) is 9.48. The largest absolute Gasteiger partial charge is 0.390 e. The highest BCUT2D eigenvalue weighted by molar-refractivity contribution is 4.93. The third-order valence-electron chi connectivity index (χ3n) is 3.51. The van der Waals surface area contributed by atoms with Crippen molar-refractivity contribution in [3.05, 3.63) is 0 Å². The number of rotatable bonds is 3. The van der Waals surface area contributed by atoms with Crippen molar-refractivity contribution in [2.45, 2.75) is 69.7 Å². The molecular formula is C12H22O4. The highest BCUT2D eigenvalue weighted by Gasteiger charge is 2.43. The fourth-order valence-electron chi connectivity index (χ4n) is 2.70. The van der Waals surface area contributed by atoms with Crippen molar-refractivity contribution in [3.8, 4) is 0 Å². The van der Waals surface area contributed by atoms with Crippen LogP contribution in [0.15, 0.2) is 0 Å². The molecule has 94 valence electrons. The molecular weight excluding hydrogens is 208 g/mol. The van der Waals surface area contributed by atoms with Crippen LogP contribution in [0.4, 0.5) is 0 Å². The highest BCUT2D eigenvalue weighted by Crippen LogP contribution is 2.31. The molecule has 0 amide bonds. The maximum atomic E-state index is 9.48. The van der Waals surface area contributed by atoms with Crippen LogP contribution in [0.5, 0.6) is 0 Å². The molecule has 1 aliphatic carbocycles. The zero-order chi connectivity index (χ0) is 11.7. The summed E-state index contributed by atoms with van der Waals surface area (Å²) in [6.45, 7) is 4.16. The van der Waals surface area contributed by atoms with Crippen molar-refractivity contribution in [1.82, 2.24) is 0 Å². The van der Waals surface area contributed by atoms with Crippen molar-refractivity contribution in [3.63, 3.8) is 0 Å². The first-order chi connectivity index (χ1) is 7.60. The summed E-state index contributed by atoms with van der Waals surface area (Å²) in [6, 6.07) is 0. The van der Waals surface area contributed by atoms with Gasteiger partial charge in [0.1, 0.15) is 6.10 Å². The zero-order valence-corrected chi connectivity index (χ0v) is 10.3. The lowest BCUT2D eigenvalue weighted by molar-refractivity contribution is -0.215. The van der Waals surface area contributed by atoms with E-state index in [1.807, 2.05) is 0 Å². The van der Waals surface area contributed by atoms with E-state index in [0.29, 0.717) is 6.42 Å². The third kappa shape index (κ3) is 2.56. The molecule has 1 heterocycles. The van der Waals surface area contributed by atoms with Crippen LogP contribution in [-0.4, -0.2) is 48.8 Å². The van der Waals surface area contributed by atoms with Crippen molar-refractivity contribution in [2.24, 2.45) is 0 Å². The van der Waals surface area contributed by atoms with Gasteiger partial charge in [-0.3, -0.25) is 0 Å². The van der Waals surface area contributed by atoms with Gasteiger partial charge in [-0.15, -0.1) is 0 Å². The molecule has 1 saturated heterocycles. The Morgan fingerprint density at radius 2 is 1.75 bits per heavy atom. The Morgan fingerprint density at radius 3 is 2.25 bits per heavy atom. The number of ether oxygens (including phenoxy) is 3. The summed E-state index contributed by atoms with van der Waals surface area (Å²) in [7, 11) is 1.62. The van der Waals surface area contributed by atoms with Gasteiger partial charge in [-0.25, -0.2) is 0 Å². The Labute approximate surface area is 96.9 Å². The van der Waals surface area contributed by atoms with Crippen molar-refractivity contribution >= 4 is 0 Å². The monoisotopic (exact) mass is 230 g/mol. The zero-order valence-electron chi connectivity index (χ0n) is 10.3. The molecule has 0 spiro atoms. The smallest absolute Gasteiger partial charge is 0.109 e. The minimum absolute atomic E-state index is 0.0579. The molecule has 2 fully saturated rings. The van der Waals surface area contributed by atoms with Crippen LogP contribution < -0.4 is 0 Å². The van der Waals surface area contributed by atoms with E-state index in [1.54, 1.807) is 7.11 Å². The number of hydrogen-bond acceptors (Lipinski definition) is 4. The topological polar surface area (TPSA) is 47.9 Å². The Kier molecular flexibility index (Phi) is 3.85. The maximum absolute atomic E-state index is 9.48. The second kappa shape index (κ2) is 5.00. The van der Waals surface area contributed by atoms with E-state index in [2.05, 4.69) is 13.8 Å². The van der Waals surface area contributed by atoms with Gasteiger partial charge in [-0.05, 0) is 26.7 Å². The fraction of sp³-hybridized carbons (Fsp3) is 1.00. The van der Waals surface area contributed by atoms with E-state index in [4.69, 9.17) is 14.2 Å². The molecule has 5 atom stereocenters. The molecule has 0 aromatic rings.